The number of amides is 1. The third kappa shape index (κ3) is 6.13. The molecule has 3 aromatic rings. The predicted octanol–water partition coefficient (Wildman–Crippen LogP) is 4.66. The molecule has 0 radical (unpaired) electrons. The summed E-state index contributed by atoms with van der Waals surface area (Å²) in [5.41, 5.74) is 5.51. The second-order valence-corrected chi connectivity index (χ2v) is 6.87. The molecule has 0 aliphatic carbocycles. The van der Waals surface area contributed by atoms with Crippen LogP contribution in [0.25, 0.3) is 12.2 Å². The number of hydrogen-bond donors (Lipinski definition) is 1. The van der Waals surface area contributed by atoms with Crippen LogP contribution >= 0.6 is 0 Å². The van der Waals surface area contributed by atoms with Gasteiger partial charge in [-0.05, 0) is 53.6 Å². The molecular weight excluding hydrogens is 420 g/mol. The maximum Gasteiger partial charge on any atom is 0.271 e. The van der Waals surface area contributed by atoms with Crippen molar-refractivity contribution in [3.63, 3.8) is 0 Å². The minimum atomic E-state index is -0.336. The Morgan fingerprint density at radius 3 is 1.94 bits per heavy atom. The Bertz CT molecular complexity index is 1140. The third-order valence-electron chi connectivity index (χ3n) is 4.89. The Labute approximate surface area is 193 Å². The summed E-state index contributed by atoms with van der Waals surface area (Å²) in [4.78, 5) is 12.4. The van der Waals surface area contributed by atoms with Crippen LogP contribution in [-0.2, 0) is 0 Å². The number of rotatable bonds is 9. The first-order valence-electron chi connectivity index (χ1n) is 10.1. The summed E-state index contributed by atoms with van der Waals surface area (Å²) in [6, 6.07) is 18.1. The highest BCUT2D eigenvalue weighted by Gasteiger charge is 2.10. The van der Waals surface area contributed by atoms with Gasteiger partial charge >= 0.3 is 0 Å². The molecule has 1 N–H and O–H groups in total. The topological polar surface area (TPSA) is 78.4 Å². The van der Waals surface area contributed by atoms with Gasteiger partial charge in [0, 0.05) is 17.2 Å². The van der Waals surface area contributed by atoms with Gasteiger partial charge in [0.1, 0.15) is 23.0 Å². The molecule has 0 aliphatic heterocycles. The standard InChI is InChI=1S/C26H26N2O5/c1-30-21-11-6-18(7-12-21)5-8-20-15-23(32-3)16-25(33-4)24(20)17-27-28-26(29)19-9-13-22(31-2)14-10-19/h5-17H,1-4H3,(H,28,29)/b8-5+,27-17+. The fraction of sp³-hybridized carbons (Fsp3) is 0.154. The minimum Gasteiger partial charge on any atom is -0.497 e. The molecule has 0 unspecified atom stereocenters. The summed E-state index contributed by atoms with van der Waals surface area (Å²) < 4.78 is 21.2. The van der Waals surface area contributed by atoms with Crippen molar-refractivity contribution in [2.75, 3.05) is 28.4 Å². The molecule has 1 amide bonds. The number of ether oxygens (including phenoxy) is 4. The van der Waals surface area contributed by atoms with Gasteiger partial charge in [-0.1, -0.05) is 24.3 Å². The predicted molar refractivity (Wildman–Crippen MR) is 130 cm³/mol. The monoisotopic (exact) mass is 446 g/mol. The number of hydrogen-bond acceptors (Lipinski definition) is 6. The smallest absolute Gasteiger partial charge is 0.271 e. The van der Waals surface area contributed by atoms with Crippen LogP contribution in [0.4, 0.5) is 0 Å². The van der Waals surface area contributed by atoms with Crippen molar-refractivity contribution in [1.82, 2.24) is 5.43 Å². The van der Waals surface area contributed by atoms with Gasteiger partial charge in [0.15, 0.2) is 0 Å². The van der Waals surface area contributed by atoms with E-state index >= 15 is 0 Å². The van der Waals surface area contributed by atoms with Crippen molar-refractivity contribution in [2.45, 2.75) is 0 Å². The zero-order chi connectivity index (χ0) is 23.6. The van der Waals surface area contributed by atoms with Crippen molar-refractivity contribution >= 4 is 24.3 Å². The van der Waals surface area contributed by atoms with Gasteiger partial charge in [-0.3, -0.25) is 4.79 Å². The quantitative estimate of drug-likeness (QED) is 0.294. The lowest BCUT2D eigenvalue weighted by Crippen LogP contribution is -2.17. The lowest BCUT2D eigenvalue weighted by atomic mass is 10.0. The van der Waals surface area contributed by atoms with E-state index in [4.69, 9.17) is 18.9 Å². The SMILES string of the molecule is COc1ccc(/C=C/c2cc(OC)cc(OC)c2/C=N/NC(=O)c2ccc(OC)cc2)cc1. The van der Waals surface area contributed by atoms with Gasteiger partial charge in [0.2, 0.25) is 0 Å². The van der Waals surface area contributed by atoms with Gasteiger partial charge in [-0.25, -0.2) is 5.43 Å². The molecule has 0 fully saturated rings. The maximum atomic E-state index is 12.4. The largest absolute Gasteiger partial charge is 0.497 e. The Balaban J connectivity index is 1.85. The fourth-order valence-corrected chi connectivity index (χ4v) is 3.05. The maximum absolute atomic E-state index is 12.4. The van der Waals surface area contributed by atoms with Crippen molar-refractivity contribution in [3.05, 3.63) is 82.9 Å². The molecule has 0 saturated heterocycles. The molecule has 0 bridgehead atoms. The van der Waals surface area contributed by atoms with E-state index in [9.17, 15) is 4.79 Å². The van der Waals surface area contributed by atoms with E-state index in [0.717, 1.165) is 16.9 Å². The summed E-state index contributed by atoms with van der Waals surface area (Å²) in [6.07, 6.45) is 5.44. The minimum absolute atomic E-state index is 0.336. The molecule has 170 valence electrons. The Kier molecular flexibility index (Phi) is 8.07. The Morgan fingerprint density at radius 1 is 0.758 bits per heavy atom. The van der Waals surface area contributed by atoms with Crippen LogP contribution in [0.1, 0.15) is 27.0 Å². The van der Waals surface area contributed by atoms with E-state index in [1.165, 1.54) is 0 Å². The van der Waals surface area contributed by atoms with Crippen LogP contribution in [-0.4, -0.2) is 40.6 Å². The molecule has 7 nitrogen and oxygen atoms in total. The van der Waals surface area contributed by atoms with Crippen molar-refractivity contribution < 1.29 is 23.7 Å². The molecule has 0 saturated carbocycles. The average molecular weight is 447 g/mol. The molecule has 0 aliphatic rings. The van der Waals surface area contributed by atoms with E-state index in [2.05, 4.69) is 10.5 Å². The van der Waals surface area contributed by atoms with Gasteiger partial charge in [-0.15, -0.1) is 0 Å². The highest BCUT2D eigenvalue weighted by Crippen LogP contribution is 2.29. The number of nitrogens with one attached hydrogen (secondary N) is 1. The molecule has 3 aromatic carbocycles. The summed E-state index contributed by atoms with van der Waals surface area (Å²) in [5.74, 6) is 2.32. The normalized spacial score (nSPS) is 10.9. The third-order valence-corrected chi connectivity index (χ3v) is 4.89. The lowest BCUT2D eigenvalue weighted by molar-refractivity contribution is 0.0955. The van der Waals surface area contributed by atoms with Gasteiger partial charge in [0.05, 0.1) is 34.7 Å². The van der Waals surface area contributed by atoms with Gasteiger partial charge in [-0.2, -0.15) is 5.10 Å². The summed E-state index contributed by atoms with van der Waals surface area (Å²) in [7, 11) is 6.36. The summed E-state index contributed by atoms with van der Waals surface area (Å²) in [5, 5.41) is 4.14. The average Bonchev–Trinajstić information content (AvgIpc) is 2.87. The zero-order valence-electron chi connectivity index (χ0n) is 19.0. The highest BCUT2D eigenvalue weighted by molar-refractivity contribution is 5.96. The van der Waals surface area contributed by atoms with E-state index in [1.807, 2.05) is 42.5 Å². The molecule has 0 atom stereocenters. The molecule has 7 heteroatoms. The van der Waals surface area contributed by atoms with Crippen LogP contribution in [0.5, 0.6) is 23.0 Å². The second-order valence-electron chi connectivity index (χ2n) is 6.87. The first-order valence-corrected chi connectivity index (χ1v) is 10.1. The van der Waals surface area contributed by atoms with Crippen molar-refractivity contribution in [1.29, 1.82) is 0 Å². The van der Waals surface area contributed by atoms with Gasteiger partial charge in [0.25, 0.3) is 5.91 Å². The number of benzene rings is 3. The van der Waals surface area contributed by atoms with E-state index in [-0.39, 0.29) is 5.91 Å². The van der Waals surface area contributed by atoms with E-state index in [1.54, 1.807) is 65.0 Å². The lowest BCUT2D eigenvalue weighted by Gasteiger charge is -2.11. The van der Waals surface area contributed by atoms with Crippen LogP contribution < -0.4 is 24.4 Å². The first-order chi connectivity index (χ1) is 16.1. The van der Waals surface area contributed by atoms with Crippen LogP contribution in [0, 0.1) is 0 Å². The van der Waals surface area contributed by atoms with Gasteiger partial charge < -0.3 is 18.9 Å². The fourth-order valence-electron chi connectivity index (χ4n) is 3.05. The Morgan fingerprint density at radius 2 is 1.36 bits per heavy atom. The zero-order valence-corrected chi connectivity index (χ0v) is 19.0. The number of methoxy groups -OCH3 is 4. The van der Waals surface area contributed by atoms with Crippen LogP contribution in [0.15, 0.2) is 65.8 Å². The summed E-state index contributed by atoms with van der Waals surface area (Å²) in [6.45, 7) is 0. The number of carbonyl (C=O) groups is 1. The molecule has 0 aromatic heterocycles. The molecule has 3 rings (SSSR count). The summed E-state index contributed by atoms with van der Waals surface area (Å²) >= 11 is 0. The first kappa shape index (κ1) is 23.4. The number of hydrazone groups is 1. The molecule has 33 heavy (non-hydrogen) atoms. The number of nitrogens with zero attached hydrogens (tertiary/aromatic N) is 1. The molecule has 0 heterocycles. The molecular formula is C26H26N2O5. The Hall–Kier alpha value is -4.26. The van der Waals surface area contributed by atoms with E-state index < -0.39 is 0 Å². The van der Waals surface area contributed by atoms with Crippen molar-refractivity contribution in [2.24, 2.45) is 5.10 Å². The second kappa shape index (κ2) is 11.4. The van der Waals surface area contributed by atoms with Crippen LogP contribution in [0.3, 0.4) is 0 Å². The van der Waals surface area contributed by atoms with Crippen LogP contribution in [0.2, 0.25) is 0 Å². The van der Waals surface area contributed by atoms with Crippen molar-refractivity contribution in [3.8, 4) is 23.0 Å². The number of carbonyl (C=O) groups excluding carboxylic acids is 1. The molecule has 0 spiro atoms. The van der Waals surface area contributed by atoms with E-state index in [0.29, 0.717) is 28.4 Å². The highest BCUT2D eigenvalue weighted by atomic mass is 16.5.